The van der Waals surface area contributed by atoms with Gasteiger partial charge in [0.25, 0.3) is 0 Å². The summed E-state index contributed by atoms with van der Waals surface area (Å²) in [6.45, 7) is 0.517. The van der Waals surface area contributed by atoms with Gasteiger partial charge < -0.3 is 4.57 Å². The Morgan fingerprint density at radius 2 is 2.00 bits per heavy atom. The molecule has 0 fully saturated rings. The van der Waals surface area contributed by atoms with Crippen molar-refractivity contribution >= 4 is 23.2 Å². The zero-order valence-corrected chi connectivity index (χ0v) is 9.26. The highest BCUT2D eigenvalue weighted by molar-refractivity contribution is 6.33. The Morgan fingerprint density at radius 1 is 1.20 bits per heavy atom. The van der Waals surface area contributed by atoms with Crippen LogP contribution >= 0.6 is 23.2 Å². The van der Waals surface area contributed by atoms with Gasteiger partial charge in [-0.15, -0.1) is 0 Å². The summed E-state index contributed by atoms with van der Waals surface area (Å²) in [5.74, 6) is -0.256. The second-order valence-electron chi connectivity index (χ2n) is 3.24. The Balaban J connectivity index is 2.27. The lowest BCUT2D eigenvalue weighted by molar-refractivity contribution is 0.621. The van der Waals surface area contributed by atoms with Crippen molar-refractivity contribution in [3.05, 3.63) is 58.1 Å². The van der Waals surface area contributed by atoms with Crippen LogP contribution in [0.5, 0.6) is 0 Å². The number of nitrogens with zero attached hydrogens (tertiary/aromatic N) is 1. The van der Waals surface area contributed by atoms with Gasteiger partial charge in [0.15, 0.2) is 0 Å². The van der Waals surface area contributed by atoms with Crippen molar-refractivity contribution in [2.24, 2.45) is 0 Å². The average molecular weight is 244 g/mol. The van der Waals surface area contributed by atoms with Crippen molar-refractivity contribution in [1.82, 2.24) is 4.57 Å². The highest BCUT2D eigenvalue weighted by Gasteiger charge is 2.02. The molecular formula is C11H8Cl2FN. The third kappa shape index (κ3) is 2.52. The van der Waals surface area contributed by atoms with E-state index in [0.717, 1.165) is 5.56 Å². The standard InChI is InChI=1S/C11H8Cl2FN/c12-9-1-2-11(13)8(5-9)6-15-4-3-10(14)7-15/h1-5,7H,6H2. The van der Waals surface area contributed by atoms with Crippen LogP contribution in [0.15, 0.2) is 36.7 Å². The van der Waals surface area contributed by atoms with Crippen LogP contribution in [-0.2, 0) is 6.54 Å². The van der Waals surface area contributed by atoms with Gasteiger partial charge in [0.2, 0.25) is 0 Å². The van der Waals surface area contributed by atoms with Crippen molar-refractivity contribution in [1.29, 1.82) is 0 Å². The molecule has 0 spiro atoms. The van der Waals surface area contributed by atoms with Crippen LogP contribution in [-0.4, -0.2) is 4.57 Å². The Morgan fingerprint density at radius 3 is 2.67 bits per heavy atom. The molecule has 1 heterocycles. The summed E-state index contributed by atoms with van der Waals surface area (Å²) in [4.78, 5) is 0. The van der Waals surface area contributed by atoms with E-state index in [2.05, 4.69) is 0 Å². The highest BCUT2D eigenvalue weighted by atomic mass is 35.5. The fraction of sp³-hybridized carbons (Fsp3) is 0.0909. The molecule has 0 unspecified atom stereocenters. The van der Waals surface area contributed by atoms with Gasteiger partial charge in [0, 0.05) is 29.0 Å². The van der Waals surface area contributed by atoms with E-state index in [1.54, 1.807) is 29.0 Å². The van der Waals surface area contributed by atoms with Crippen molar-refractivity contribution in [3.63, 3.8) is 0 Å². The lowest BCUT2D eigenvalue weighted by Gasteiger charge is -2.05. The number of hydrogen-bond acceptors (Lipinski definition) is 0. The monoisotopic (exact) mass is 243 g/mol. The zero-order valence-electron chi connectivity index (χ0n) is 7.75. The first-order chi connectivity index (χ1) is 7.15. The SMILES string of the molecule is Fc1ccn(Cc2cc(Cl)ccc2Cl)c1. The van der Waals surface area contributed by atoms with Crippen LogP contribution in [0.3, 0.4) is 0 Å². The summed E-state index contributed by atoms with van der Waals surface area (Å²) < 4.78 is 14.4. The highest BCUT2D eigenvalue weighted by Crippen LogP contribution is 2.21. The third-order valence-corrected chi connectivity index (χ3v) is 2.68. The minimum atomic E-state index is -0.256. The van der Waals surface area contributed by atoms with Crippen LogP contribution in [0.25, 0.3) is 0 Å². The van der Waals surface area contributed by atoms with Crippen LogP contribution in [0.2, 0.25) is 10.0 Å². The molecule has 1 nitrogen and oxygen atoms in total. The molecule has 1 aromatic heterocycles. The van der Waals surface area contributed by atoms with E-state index in [1.165, 1.54) is 12.3 Å². The number of halogens is 3. The first-order valence-electron chi connectivity index (χ1n) is 4.40. The molecule has 0 aliphatic heterocycles. The number of aromatic nitrogens is 1. The minimum Gasteiger partial charge on any atom is -0.347 e. The fourth-order valence-corrected chi connectivity index (χ4v) is 1.74. The molecule has 0 aliphatic rings. The van der Waals surface area contributed by atoms with Gasteiger partial charge in [-0.1, -0.05) is 23.2 Å². The average Bonchev–Trinajstić information content (AvgIpc) is 2.58. The number of rotatable bonds is 2. The molecule has 2 rings (SSSR count). The second kappa shape index (κ2) is 4.25. The van der Waals surface area contributed by atoms with E-state index in [0.29, 0.717) is 16.6 Å². The molecule has 0 bridgehead atoms. The topological polar surface area (TPSA) is 4.93 Å². The van der Waals surface area contributed by atoms with Gasteiger partial charge in [-0.3, -0.25) is 0 Å². The van der Waals surface area contributed by atoms with Crippen LogP contribution in [0.4, 0.5) is 4.39 Å². The molecule has 1 aromatic carbocycles. The summed E-state index contributed by atoms with van der Waals surface area (Å²) >= 11 is 11.8. The minimum absolute atomic E-state index is 0.256. The van der Waals surface area contributed by atoms with Crippen LogP contribution in [0.1, 0.15) is 5.56 Å². The molecule has 0 radical (unpaired) electrons. The maximum atomic E-state index is 12.7. The zero-order chi connectivity index (χ0) is 10.8. The van der Waals surface area contributed by atoms with E-state index >= 15 is 0 Å². The molecule has 0 aliphatic carbocycles. The maximum Gasteiger partial charge on any atom is 0.140 e. The van der Waals surface area contributed by atoms with E-state index in [4.69, 9.17) is 23.2 Å². The summed E-state index contributed by atoms with van der Waals surface area (Å²) in [5.41, 5.74) is 0.875. The Hall–Kier alpha value is -0.990. The van der Waals surface area contributed by atoms with Crippen LogP contribution < -0.4 is 0 Å². The quantitative estimate of drug-likeness (QED) is 0.752. The summed E-state index contributed by atoms with van der Waals surface area (Å²) in [5, 5.41) is 1.26. The molecule has 15 heavy (non-hydrogen) atoms. The van der Waals surface area contributed by atoms with Crippen LogP contribution in [0, 0.1) is 5.82 Å². The van der Waals surface area contributed by atoms with Gasteiger partial charge in [-0.2, -0.15) is 0 Å². The second-order valence-corrected chi connectivity index (χ2v) is 4.08. The van der Waals surface area contributed by atoms with E-state index in [-0.39, 0.29) is 5.82 Å². The molecule has 0 amide bonds. The lowest BCUT2D eigenvalue weighted by atomic mass is 10.2. The van der Waals surface area contributed by atoms with Gasteiger partial charge in [0.05, 0.1) is 0 Å². The van der Waals surface area contributed by atoms with E-state index < -0.39 is 0 Å². The molecule has 0 atom stereocenters. The maximum absolute atomic E-state index is 12.7. The van der Waals surface area contributed by atoms with E-state index in [1.807, 2.05) is 0 Å². The molecule has 0 saturated carbocycles. The predicted octanol–water partition coefficient (Wildman–Crippen LogP) is 3.98. The van der Waals surface area contributed by atoms with Crippen molar-refractivity contribution in [2.45, 2.75) is 6.54 Å². The Labute approximate surface area is 97.0 Å². The Bertz CT molecular complexity index is 479. The van der Waals surface area contributed by atoms with E-state index in [9.17, 15) is 4.39 Å². The summed E-state index contributed by atoms with van der Waals surface area (Å²) in [6, 6.07) is 6.64. The number of hydrogen-bond donors (Lipinski definition) is 0. The first kappa shape index (κ1) is 10.5. The van der Waals surface area contributed by atoms with Gasteiger partial charge in [-0.25, -0.2) is 4.39 Å². The Kier molecular flexibility index (Phi) is 2.98. The van der Waals surface area contributed by atoms with Gasteiger partial charge >= 0.3 is 0 Å². The molecule has 0 saturated heterocycles. The summed E-state index contributed by atoms with van der Waals surface area (Å²) in [7, 11) is 0. The molecule has 78 valence electrons. The molecule has 0 N–H and O–H groups in total. The van der Waals surface area contributed by atoms with Crippen molar-refractivity contribution in [3.8, 4) is 0 Å². The first-order valence-corrected chi connectivity index (χ1v) is 5.16. The molecular weight excluding hydrogens is 236 g/mol. The lowest BCUT2D eigenvalue weighted by Crippen LogP contribution is -1.96. The summed E-state index contributed by atoms with van der Waals surface area (Å²) in [6.07, 6.45) is 3.07. The number of benzene rings is 1. The van der Waals surface area contributed by atoms with Crippen molar-refractivity contribution < 1.29 is 4.39 Å². The third-order valence-electron chi connectivity index (χ3n) is 2.08. The smallest absolute Gasteiger partial charge is 0.140 e. The molecule has 4 heteroatoms. The molecule has 2 aromatic rings. The largest absolute Gasteiger partial charge is 0.347 e. The van der Waals surface area contributed by atoms with Gasteiger partial charge in [-0.05, 0) is 29.8 Å². The fourth-order valence-electron chi connectivity index (χ4n) is 1.37. The van der Waals surface area contributed by atoms with Gasteiger partial charge in [0.1, 0.15) is 5.82 Å². The predicted molar refractivity (Wildman–Crippen MR) is 60.0 cm³/mol. The normalized spacial score (nSPS) is 10.6. The van der Waals surface area contributed by atoms with Crippen molar-refractivity contribution in [2.75, 3.05) is 0 Å².